The van der Waals surface area contributed by atoms with Crippen LogP contribution in [0.2, 0.25) is 0 Å². The predicted octanol–water partition coefficient (Wildman–Crippen LogP) is 3.53. The molecule has 1 saturated heterocycles. The normalized spacial score (nSPS) is 17.4. The number of aromatic nitrogens is 2. The number of carbonyl (C=O) groups excluding carboxylic acids is 1. The Labute approximate surface area is 147 Å². The molecule has 0 unspecified atom stereocenters. The molecule has 1 atom stereocenters. The lowest BCUT2D eigenvalue weighted by Gasteiger charge is -2.24. The highest BCUT2D eigenvalue weighted by atomic mass is 16.6. The van der Waals surface area contributed by atoms with E-state index in [-0.39, 0.29) is 12.2 Å². The maximum Gasteiger partial charge on any atom is 0.410 e. The first-order valence-corrected chi connectivity index (χ1v) is 8.41. The van der Waals surface area contributed by atoms with Gasteiger partial charge in [0.25, 0.3) is 0 Å². The van der Waals surface area contributed by atoms with Gasteiger partial charge in [0.1, 0.15) is 17.5 Å². The number of pyridine rings is 2. The average Bonchev–Trinajstić information content (AvgIpc) is 3.03. The molecular weight excluding hydrogens is 318 g/mol. The second kappa shape index (κ2) is 7.09. The van der Waals surface area contributed by atoms with E-state index in [0.29, 0.717) is 18.8 Å². The van der Waals surface area contributed by atoms with Gasteiger partial charge in [-0.3, -0.25) is 9.97 Å². The van der Waals surface area contributed by atoms with E-state index in [1.165, 1.54) is 0 Å². The van der Waals surface area contributed by atoms with Crippen molar-refractivity contribution in [1.82, 2.24) is 14.9 Å². The zero-order valence-electron chi connectivity index (χ0n) is 14.8. The summed E-state index contributed by atoms with van der Waals surface area (Å²) in [5, 5.41) is 0. The molecule has 0 aliphatic carbocycles. The molecule has 1 amide bonds. The Morgan fingerprint density at radius 3 is 2.72 bits per heavy atom. The molecule has 25 heavy (non-hydrogen) atoms. The van der Waals surface area contributed by atoms with Crippen molar-refractivity contribution in [1.29, 1.82) is 0 Å². The van der Waals surface area contributed by atoms with Crippen molar-refractivity contribution in [2.75, 3.05) is 13.1 Å². The van der Waals surface area contributed by atoms with Gasteiger partial charge in [-0.2, -0.15) is 0 Å². The summed E-state index contributed by atoms with van der Waals surface area (Å²) in [7, 11) is 0. The molecule has 0 aromatic carbocycles. The summed E-state index contributed by atoms with van der Waals surface area (Å²) < 4.78 is 11.4. The van der Waals surface area contributed by atoms with Crippen LogP contribution in [-0.2, 0) is 4.74 Å². The summed E-state index contributed by atoms with van der Waals surface area (Å²) in [6, 6.07) is 5.81. The lowest BCUT2D eigenvalue weighted by molar-refractivity contribution is 0.0275. The second-order valence-electron chi connectivity index (χ2n) is 7.11. The molecule has 2 aromatic rings. The first-order chi connectivity index (χ1) is 11.9. The molecule has 0 N–H and O–H groups in total. The summed E-state index contributed by atoms with van der Waals surface area (Å²) >= 11 is 0. The smallest absolute Gasteiger partial charge is 0.410 e. The van der Waals surface area contributed by atoms with Crippen LogP contribution in [0.15, 0.2) is 43.0 Å². The third kappa shape index (κ3) is 4.68. The van der Waals surface area contributed by atoms with Gasteiger partial charge in [0.05, 0.1) is 12.7 Å². The first kappa shape index (κ1) is 17.2. The van der Waals surface area contributed by atoms with E-state index in [9.17, 15) is 4.79 Å². The van der Waals surface area contributed by atoms with Crippen LogP contribution < -0.4 is 4.74 Å². The molecule has 6 nitrogen and oxygen atoms in total. The molecule has 3 heterocycles. The quantitative estimate of drug-likeness (QED) is 0.854. The van der Waals surface area contributed by atoms with Gasteiger partial charge >= 0.3 is 6.09 Å². The van der Waals surface area contributed by atoms with Gasteiger partial charge in [-0.15, -0.1) is 0 Å². The molecule has 1 aliphatic heterocycles. The van der Waals surface area contributed by atoms with Crippen LogP contribution in [0.3, 0.4) is 0 Å². The lowest BCUT2D eigenvalue weighted by Crippen LogP contribution is -2.36. The maximum absolute atomic E-state index is 12.1. The molecule has 1 aliphatic rings. The minimum Gasteiger partial charge on any atom is -0.487 e. The third-order valence-electron chi connectivity index (χ3n) is 3.81. The standard InChI is InChI=1S/C19H23N3O3/c1-19(2,3)25-18(23)22-8-6-16(13-22)24-17-9-15(11-21-12-17)14-5-4-7-20-10-14/h4-5,7,9-12,16H,6,8,13H2,1-3H3/t16-/m0/s1. The summed E-state index contributed by atoms with van der Waals surface area (Å²) in [5.74, 6) is 0.692. The van der Waals surface area contributed by atoms with Crippen molar-refractivity contribution < 1.29 is 14.3 Å². The van der Waals surface area contributed by atoms with Gasteiger partial charge in [0.2, 0.25) is 0 Å². The molecule has 6 heteroatoms. The number of amides is 1. The van der Waals surface area contributed by atoms with Crippen molar-refractivity contribution in [3.8, 4) is 16.9 Å². The number of ether oxygens (including phenoxy) is 2. The summed E-state index contributed by atoms with van der Waals surface area (Å²) in [6.45, 7) is 6.75. The van der Waals surface area contributed by atoms with Gasteiger partial charge in [0.15, 0.2) is 0 Å². The highest BCUT2D eigenvalue weighted by Gasteiger charge is 2.30. The molecule has 132 valence electrons. The molecular formula is C19H23N3O3. The van der Waals surface area contributed by atoms with E-state index >= 15 is 0 Å². The SMILES string of the molecule is CC(C)(C)OC(=O)N1CC[C@H](Oc2cncc(-c3cccnc3)c2)C1. The summed E-state index contributed by atoms with van der Waals surface area (Å²) in [6.07, 6.45) is 7.43. The molecule has 0 radical (unpaired) electrons. The monoisotopic (exact) mass is 341 g/mol. The second-order valence-corrected chi connectivity index (χ2v) is 7.11. The third-order valence-corrected chi connectivity index (χ3v) is 3.81. The van der Waals surface area contributed by atoms with Crippen LogP contribution in [0, 0.1) is 0 Å². The van der Waals surface area contributed by atoms with Crippen LogP contribution in [0.25, 0.3) is 11.1 Å². The zero-order valence-corrected chi connectivity index (χ0v) is 14.8. The minimum absolute atomic E-state index is 0.0570. The van der Waals surface area contributed by atoms with E-state index in [2.05, 4.69) is 9.97 Å². The van der Waals surface area contributed by atoms with Crippen LogP contribution >= 0.6 is 0 Å². The fraction of sp³-hybridized carbons (Fsp3) is 0.421. The molecule has 0 saturated carbocycles. The zero-order chi connectivity index (χ0) is 17.9. The van der Waals surface area contributed by atoms with Crippen molar-refractivity contribution in [3.05, 3.63) is 43.0 Å². The highest BCUT2D eigenvalue weighted by Crippen LogP contribution is 2.24. The average molecular weight is 341 g/mol. The van der Waals surface area contributed by atoms with E-state index in [0.717, 1.165) is 17.5 Å². The van der Waals surface area contributed by atoms with Crippen LogP contribution in [0.5, 0.6) is 5.75 Å². The molecule has 3 rings (SSSR count). The van der Waals surface area contributed by atoms with Gasteiger partial charge in [0, 0.05) is 42.7 Å². The predicted molar refractivity (Wildman–Crippen MR) is 94.3 cm³/mol. The number of nitrogens with zero attached hydrogens (tertiary/aromatic N) is 3. The van der Waals surface area contributed by atoms with Crippen LogP contribution in [0.4, 0.5) is 4.79 Å². The van der Waals surface area contributed by atoms with Crippen LogP contribution in [0.1, 0.15) is 27.2 Å². The lowest BCUT2D eigenvalue weighted by atomic mass is 10.1. The van der Waals surface area contributed by atoms with Gasteiger partial charge in [-0.25, -0.2) is 4.79 Å². The topological polar surface area (TPSA) is 64.5 Å². The number of carbonyl (C=O) groups is 1. The number of likely N-dealkylation sites (tertiary alicyclic amines) is 1. The summed E-state index contributed by atoms with van der Waals surface area (Å²) in [4.78, 5) is 22.2. The maximum atomic E-state index is 12.1. The van der Waals surface area contributed by atoms with Crippen molar-refractivity contribution in [2.24, 2.45) is 0 Å². The Kier molecular flexibility index (Phi) is 4.88. The Balaban J connectivity index is 1.61. The van der Waals surface area contributed by atoms with E-state index in [1.54, 1.807) is 29.7 Å². The highest BCUT2D eigenvalue weighted by molar-refractivity contribution is 5.68. The summed E-state index contributed by atoms with van der Waals surface area (Å²) in [5.41, 5.74) is 1.45. The molecule has 0 spiro atoms. The fourth-order valence-electron chi connectivity index (χ4n) is 2.68. The van der Waals surface area contributed by atoms with Crippen LogP contribution in [-0.4, -0.2) is 45.8 Å². The Morgan fingerprint density at radius 2 is 2.00 bits per heavy atom. The van der Waals surface area contributed by atoms with E-state index in [1.807, 2.05) is 39.0 Å². The minimum atomic E-state index is -0.488. The van der Waals surface area contributed by atoms with Gasteiger partial charge in [-0.1, -0.05) is 6.07 Å². The van der Waals surface area contributed by atoms with E-state index < -0.39 is 5.60 Å². The van der Waals surface area contributed by atoms with Crippen molar-refractivity contribution in [2.45, 2.75) is 38.9 Å². The first-order valence-electron chi connectivity index (χ1n) is 8.41. The number of rotatable bonds is 3. The number of hydrogen-bond acceptors (Lipinski definition) is 5. The van der Waals surface area contributed by atoms with Crippen molar-refractivity contribution in [3.63, 3.8) is 0 Å². The molecule has 1 fully saturated rings. The largest absolute Gasteiger partial charge is 0.487 e. The molecule has 2 aromatic heterocycles. The van der Waals surface area contributed by atoms with Gasteiger partial charge in [-0.05, 0) is 32.9 Å². The van der Waals surface area contributed by atoms with E-state index in [4.69, 9.17) is 9.47 Å². The van der Waals surface area contributed by atoms with Gasteiger partial charge < -0.3 is 14.4 Å². The Hall–Kier alpha value is -2.63. The number of hydrogen-bond donors (Lipinski definition) is 0. The Morgan fingerprint density at radius 1 is 1.20 bits per heavy atom. The van der Waals surface area contributed by atoms with Crippen molar-refractivity contribution >= 4 is 6.09 Å². The molecule has 0 bridgehead atoms. The fourth-order valence-corrected chi connectivity index (χ4v) is 2.68. The Bertz CT molecular complexity index is 728.